The zero-order valence-electron chi connectivity index (χ0n) is 25.7. The highest BCUT2D eigenvalue weighted by Crippen LogP contribution is 2.26. The first-order valence-corrected chi connectivity index (χ1v) is 16.0. The molecule has 0 unspecified atom stereocenters. The molecule has 1 fully saturated rings. The molecule has 1 saturated heterocycles. The van der Waals surface area contributed by atoms with E-state index in [9.17, 15) is 9.59 Å². The van der Waals surface area contributed by atoms with Crippen molar-refractivity contribution >= 4 is 11.7 Å². The summed E-state index contributed by atoms with van der Waals surface area (Å²) in [4.78, 5) is 30.8. The molecule has 5 nitrogen and oxygen atoms in total. The third-order valence-electron chi connectivity index (χ3n) is 9.41. The first kappa shape index (κ1) is 29.8. The first-order valence-electron chi connectivity index (χ1n) is 16.0. The molecular weight excluding hydrogens is 544 g/mol. The molecule has 2 heterocycles. The summed E-state index contributed by atoms with van der Waals surface area (Å²) in [6.07, 6.45) is 5.34. The minimum atomic E-state index is 0.103. The summed E-state index contributed by atoms with van der Waals surface area (Å²) in [5, 5.41) is 0. The van der Waals surface area contributed by atoms with Crippen LogP contribution in [0.3, 0.4) is 0 Å². The van der Waals surface area contributed by atoms with Crippen molar-refractivity contribution in [2.24, 2.45) is 5.92 Å². The summed E-state index contributed by atoms with van der Waals surface area (Å²) >= 11 is 0. The van der Waals surface area contributed by atoms with Gasteiger partial charge in [0.05, 0.1) is 7.11 Å². The third kappa shape index (κ3) is 7.28. The third-order valence-corrected chi connectivity index (χ3v) is 9.41. The number of rotatable bonds is 9. The number of carbonyl (C=O) groups is 2. The first-order chi connectivity index (χ1) is 21.6. The number of likely N-dealkylation sites (tertiary alicyclic amines) is 1. The van der Waals surface area contributed by atoms with E-state index in [2.05, 4.69) is 41.3 Å². The minimum absolute atomic E-state index is 0.103. The molecule has 4 aromatic rings. The second kappa shape index (κ2) is 14.0. The smallest absolute Gasteiger partial charge is 0.253 e. The van der Waals surface area contributed by atoms with Gasteiger partial charge in [0.15, 0.2) is 5.78 Å². The molecule has 2 aliphatic heterocycles. The number of carbonyl (C=O) groups excluding carboxylic acids is 2. The molecule has 4 aromatic carbocycles. The van der Waals surface area contributed by atoms with Crippen molar-refractivity contribution in [3.8, 4) is 16.9 Å². The maximum absolute atomic E-state index is 13.2. The lowest BCUT2D eigenvalue weighted by molar-refractivity contribution is 0.0681. The van der Waals surface area contributed by atoms with E-state index >= 15 is 0 Å². The topological polar surface area (TPSA) is 49.9 Å². The Balaban J connectivity index is 0.961. The molecule has 5 heteroatoms. The van der Waals surface area contributed by atoms with E-state index in [0.29, 0.717) is 12.3 Å². The Hall–Kier alpha value is -4.22. The predicted molar refractivity (Wildman–Crippen MR) is 176 cm³/mol. The second-order valence-corrected chi connectivity index (χ2v) is 12.2. The number of hydrogen-bond donors (Lipinski definition) is 0. The van der Waals surface area contributed by atoms with Gasteiger partial charge in [-0.1, -0.05) is 66.7 Å². The fourth-order valence-electron chi connectivity index (χ4n) is 6.61. The van der Waals surface area contributed by atoms with E-state index in [0.717, 1.165) is 92.8 Å². The van der Waals surface area contributed by atoms with Gasteiger partial charge in [-0.2, -0.15) is 0 Å². The van der Waals surface area contributed by atoms with Crippen LogP contribution >= 0.6 is 0 Å². The van der Waals surface area contributed by atoms with Crippen molar-refractivity contribution in [1.29, 1.82) is 0 Å². The van der Waals surface area contributed by atoms with Crippen LogP contribution in [0.25, 0.3) is 11.1 Å². The van der Waals surface area contributed by atoms with Gasteiger partial charge in [-0.25, -0.2) is 0 Å². The fraction of sp³-hybridized carbons (Fsp3) is 0.333. The Morgan fingerprint density at radius 2 is 1.39 bits per heavy atom. The second-order valence-electron chi connectivity index (χ2n) is 12.2. The van der Waals surface area contributed by atoms with Gasteiger partial charge in [-0.15, -0.1) is 0 Å². The number of benzene rings is 4. The summed E-state index contributed by atoms with van der Waals surface area (Å²) in [6, 6.07) is 32.8. The predicted octanol–water partition coefficient (Wildman–Crippen LogP) is 7.48. The number of ether oxygens (including phenoxy) is 1. The van der Waals surface area contributed by atoms with E-state index in [1.54, 1.807) is 7.11 Å². The molecule has 1 amide bonds. The van der Waals surface area contributed by atoms with Gasteiger partial charge in [0.25, 0.3) is 5.91 Å². The zero-order chi connectivity index (χ0) is 30.3. The molecule has 0 atom stereocenters. The van der Waals surface area contributed by atoms with Crippen molar-refractivity contribution in [2.75, 3.05) is 33.3 Å². The number of Topliss-reactive ketones (excluding diaryl/α,β-unsaturated/α-hetero) is 1. The molecular formula is C39H42N2O3. The Bertz CT molecular complexity index is 1560. The lowest BCUT2D eigenvalue weighted by atomic mass is 9.89. The van der Waals surface area contributed by atoms with E-state index in [1.165, 1.54) is 16.7 Å². The van der Waals surface area contributed by atoms with Gasteiger partial charge in [-0.05, 0) is 96.2 Å². The molecule has 6 rings (SSSR count). The van der Waals surface area contributed by atoms with Crippen LogP contribution in [-0.2, 0) is 19.4 Å². The van der Waals surface area contributed by atoms with Crippen LogP contribution in [0.15, 0.2) is 97.1 Å². The summed E-state index contributed by atoms with van der Waals surface area (Å²) in [7, 11) is 1.70. The maximum Gasteiger partial charge on any atom is 0.253 e. The Labute approximate surface area is 261 Å². The normalized spacial score (nSPS) is 15.8. The van der Waals surface area contributed by atoms with Crippen LogP contribution in [-0.4, -0.2) is 54.8 Å². The quantitative estimate of drug-likeness (QED) is 0.191. The summed E-state index contributed by atoms with van der Waals surface area (Å²) < 4.78 is 5.29. The number of fused-ring (bicyclic) bond motifs is 1. The lowest BCUT2D eigenvalue weighted by Crippen LogP contribution is -2.38. The minimum Gasteiger partial charge on any atom is -0.497 e. The van der Waals surface area contributed by atoms with Crippen molar-refractivity contribution < 1.29 is 14.3 Å². The maximum atomic E-state index is 13.2. The van der Waals surface area contributed by atoms with Crippen LogP contribution in [0.4, 0.5) is 0 Å². The molecule has 2 aliphatic rings. The molecule has 0 radical (unpaired) electrons. The summed E-state index contributed by atoms with van der Waals surface area (Å²) in [5.41, 5.74) is 7.83. The Morgan fingerprint density at radius 1 is 0.727 bits per heavy atom. The summed E-state index contributed by atoms with van der Waals surface area (Å²) in [5.74, 6) is 1.71. The average Bonchev–Trinajstić information content (AvgIpc) is 3.29. The van der Waals surface area contributed by atoms with Crippen LogP contribution in [0, 0.1) is 5.92 Å². The lowest BCUT2D eigenvalue weighted by Gasteiger charge is -2.32. The molecule has 0 N–H and O–H groups in total. The highest BCUT2D eigenvalue weighted by molar-refractivity contribution is 5.96. The average molecular weight is 587 g/mol. The SMILES string of the molecule is COc1ccc(CN2CCc3ccc(C(=O)CCC4CCN(C(=O)c5ccc(-c6ccccc6)cc5)CC4)cc3CC2)cc1. The number of piperidine rings is 1. The number of hydrogen-bond acceptors (Lipinski definition) is 4. The van der Waals surface area contributed by atoms with Crippen LogP contribution in [0.5, 0.6) is 5.75 Å². The molecule has 0 aliphatic carbocycles. The Kier molecular flexibility index (Phi) is 9.52. The van der Waals surface area contributed by atoms with Crippen LogP contribution in [0.2, 0.25) is 0 Å². The van der Waals surface area contributed by atoms with Gasteiger partial charge < -0.3 is 9.64 Å². The summed E-state index contributed by atoms with van der Waals surface area (Å²) in [6.45, 7) is 4.44. The van der Waals surface area contributed by atoms with E-state index in [4.69, 9.17) is 4.74 Å². The van der Waals surface area contributed by atoms with Gasteiger partial charge in [0, 0.05) is 50.3 Å². The van der Waals surface area contributed by atoms with Crippen molar-refractivity contribution in [1.82, 2.24) is 9.80 Å². The van der Waals surface area contributed by atoms with E-state index in [1.807, 2.05) is 65.6 Å². The zero-order valence-corrected chi connectivity index (χ0v) is 25.7. The van der Waals surface area contributed by atoms with Crippen molar-refractivity contribution in [2.45, 2.75) is 45.1 Å². The van der Waals surface area contributed by atoms with Gasteiger partial charge >= 0.3 is 0 Å². The number of amides is 1. The van der Waals surface area contributed by atoms with Gasteiger partial charge in [-0.3, -0.25) is 14.5 Å². The van der Waals surface area contributed by atoms with Gasteiger partial charge in [0.2, 0.25) is 0 Å². The van der Waals surface area contributed by atoms with E-state index in [-0.39, 0.29) is 11.7 Å². The van der Waals surface area contributed by atoms with Crippen molar-refractivity contribution in [3.63, 3.8) is 0 Å². The number of methoxy groups -OCH3 is 1. The largest absolute Gasteiger partial charge is 0.497 e. The number of ketones is 1. The molecule has 44 heavy (non-hydrogen) atoms. The number of nitrogens with zero attached hydrogens (tertiary/aromatic N) is 2. The van der Waals surface area contributed by atoms with Crippen molar-refractivity contribution in [3.05, 3.63) is 125 Å². The Morgan fingerprint density at radius 3 is 2.09 bits per heavy atom. The van der Waals surface area contributed by atoms with Crippen LogP contribution in [0.1, 0.15) is 63.1 Å². The molecule has 0 saturated carbocycles. The molecule has 0 bridgehead atoms. The van der Waals surface area contributed by atoms with E-state index < -0.39 is 0 Å². The molecule has 226 valence electrons. The molecule has 0 aromatic heterocycles. The highest BCUT2D eigenvalue weighted by atomic mass is 16.5. The monoisotopic (exact) mass is 586 g/mol. The van der Waals surface area contributed by atoms with Gasteiger partial charge in [0.1, 0.15) is 5.75 Å². The van der Waals surface area contributed by atoms with Crippen LogP contribution < -0.4 is 4.74 Å². The fourth-order valence-corrected chi connectivity index (χ4v) is 6.61. The standard InChI is InChI=1S/C39H42N2O3/c1-44-37-16-7-30(8-17-37)28-40-23-21-33-12-15-36(27-35(33)22-24-40)38(42)18-9-29-19-25-41(26-20-29)39(43)34-13-10-32(11-14-34)31-5-3-2-4-6-31/h2-8,10-17,27,29H,9,18-26,28H2,1H3. The molecule has 0 spiro atoms. The highest BCUT2D eigenvalue weighted by Gasteiger charge is 2.24.